The van der Waals surface area contributed by atoms with Crippen molar-refractivity contribution in [2.75, 3.05) is 11.9 Å². The van der Waals surface area contributed by atoms with E-state index in [0.717, 1.165) is 16.6 Å². The molecule has 0 aliphatic heterocycles. The van der Waals surface area contributed by atoms with Gasteiger partial charge in [-0.05, 0) is 36.2 Å². The molecule has 7 heteroatoms. The monoisotopic (exact) mass is 429 g/mol. The number of nitrogens with zero attached hydrogens (tertiary/aromatic N) is 1. The maximum atomic E-state index is 12.6. The first-order chi connectivity index (χ1) is 15.6. The molecule has 0 aliphatic carbocycles. The van der Waals surface area contributed by atoms with Crippen LogP contribution >= 0.6 is 0 Å². The van der Waals surface area contributed by atoms with Crippen molar-refractivity contribution in [3.63, 3.8) is 0 Å². The van der Waals surface area contributed by atoms with Crippen molar-refractivity contribution >= 4 is 28.6 Å². The molecule has 0 aliphatic rings. The molecule has 3 aromatic carbocycles. The summed E-state index contributed by atoms with van der Waals surface area (Å²) in [4.78, 5) is 39.9. The molecule has 0 bridgehead atoms. The van der Waals surface area contributed by atoms with Crippen LogP contribution in [0.1, 0.15) is 22.3 Å². The van der Waals surface area contributed by atoms with E-state index in [1.807, 2.05) is 54.6 Å². The number of carbonyl (C=O) groups excluding carboxylic acids is 2. The SMILES string of the molecule is O=C(Cc1ccccc1)Nc1ccccc1C(=O)OCCCn1c(=O)[nH]c2ccccc21. The van der Waals surface area contributed by atoms with Crippen molar-refractivity contribution in [3.8, 4) is 0 Å². The Morgan fingerprint density at radius 1 is 0.906 bits per heavy atom. The van der Waals surface area contributed by atoms with Crippen molar-refractivity contribution in [1.82, 2.24) is 9.55 Å². The highest BCUT2D eigenvalue weighted by Gasteiger charge is 2.15. The molecular weight excluding hydrogens is 406 g/mol. The highest BCUT2D eigenvalue weighted by Crippen LogP contribution is 2.17. The number of fused-ring (bicyclic) bond motifs is 1. The highest BCUT2D eigenvalue weighted by atomic mass is 16.5. The number of amides is 1. The van der Waals surface area contributed by atoms with Gasteiger partial charge in [-0.3, -0.25) is 9.36 Å². The highest BCUT2D eigenvalue weighted by molar-refractivity contribution is 6.01. The Morgan fingerprint density at radius 3 is 2.47 bits per heavy atom. The molecule has 0 atom stereocenters. The van der Waals surface area contributed by atoms with Gasteiger partial charge in [-0.1, -0.05) is 54.6 Å². The quantitative estimate of drug-likeness (QED) is 0.329. The van der Waals surface area contributed by atoms with Gasteiger partial charge in [0.25, 0.3) is 0 Å². The number of para-hydroxylation sites is 3. The van der Waals surface area contributed by atoms with Crippen LogP contribution in [0.5, 0.6) is 0 Å². The number of esters is 1. The van der Waals surface area contributed by atoms with Gasteiger partial charge in [-0.2, -0.15) is 0 Å². The molecule has 4 rings (SSSR count). The second-order valence-corrected chi connectivity index (χ2v) is 7.34. The first kappa shape index (κ1) is 21.1. The van der Waals surface area contributed by atoms with E-state index in [9.17, 15) is 14.4 Å². The van der Waals surface area contributed by atoms with Gasteiger partial charge in [0.15, 0.2) is 0 Å². The lowest BCUT2D eigenvalue weighted by Gasteiger charge is -2.11. The van der Waals surface area contributed by atoms with Crippen molar-refractivity contribution in [3.05, 3.63) is 100 Å². The molecule has 0 radical (unpaired) electrons. The number of aromatic amines is 1. The first-order valence-corrected chi connectivity index (χ1v) is 10.4. The Kier molecular flexibility index (Phi) is 6.46. The Hall–Kier alpha value is -4.13. The van der Waals surface area contributed by atoms with Crippen molar-refractivity contribution in [2.24, 2.45) is 0 Å². The van der Waals surface area contributed by atoms with E-state index in [2.05, 4.69) is 10.3 Å². The Morgan fingerprint density at radius 2 is 1.62 bits per heavy atom. The van der Waals surface area contributed by atoms with Gasteiger partial charge in [-0.25, -0.2) is 9.59 Å². The standard InChI is InChI=1S/C25H23N3O4/c29-23(17-18-9-2-1-3-10-18)26-20-12-5-4-11-19(20)24(30)32-16-8-15-28-22-14-7-6-13-21(22)27-25(28)31/h1-7,9-14H,8,15-17H2,(H,26,29)(H,27,31). The average Bonchev–Trinajstić information content (AvgIpc) is 3.12. The van der Waals surface area contributed by atoms with E-state index in [-0.39, 0.29) is 30.2 Å². The van der Waals surface area contributed by atoms with E-state index in [0.29, 0.717) is 18.7 Å². The number of H-pyrrole nitrogens is 1. The van der Waals surface area contributed by atoms with Crippen molar-refractivity contribution in [2.45, 2.75) is 19.4 Å². The molecule has 0 fully saturated rings. The fraction of sp³-hybridized carbons (Fsp3) is 0.160. The fourth-order valence-electron chi connectivity index (χ4n) is 3.54. The van der Waals surface area contributed by atoms with Gasteiger partial charge >= 0.3 is 11.7 Å². The number of aromatic nitrogens is 2. The number of ether oxygens (including phenoxy) is 1. The van der Waals surface area contributed by atoms with Crippen LogP contribution in [-0.2, 0) is 22.5 Å². The molecule has 162 valence electrons. The number of imidazole rings is 1. The Balaban J connectivity index is 1.34. The Labute approximate surface area is 184 Å². The molecule has 0 saturated carbocycles. The topological polar surface area (TPSA) is 93.2 Å². The van der Waals surface area contributed by atoms with Crippen LogP contribution in [-0.4, -0.2) is 28.0 Å². The minimum absolute atomic E-state index is 0.150. The second-order valence-electron chi connectivity index (χ2n) is 7.34. The number of anilines is 1. The van der Waals surface area contributed by atoms with Crippen LogP contribution in [0.3, 0.4) is 0 Å². The van der Waals surface area contributed by atoms with Crippen LogP contribution < -0.4 is 11.0 Å². The lowest BCUT2D eigenvalue weighted by atomic mass is 10.1. The van der Waals surface area contributed by atoms with Crippen LogP contribution in [0.15, 0.2) is 83.7 Å². The molecule has 1 heterocycles. The molecular formula is C25H23N3O4. The van der Waals surface area contributed by atoms with E-state index in [4.69, 9.17) is 4.74 Å². The predicted octanol–water partition coefficient (Wildman–Crippen LogP) is 3.76. The molecule has 4 aromatic rings. The molecule has 0 saturated heterocycles. The van der Waals surface area contributed by atoms with Gasteiger partial charge in [0.05, 0.1) is 35.3 Å². The number of rotatable bonds is 8. The number of benzene rings is 3. The lowest BCUT2D eigenvalue weighted by Crippen LogP contribution is -2.19. The molecule has 0 spiro atoms. The van der Waals surface area contributed by atoms with Crippen LogP contribution in [0.4, 0.5) is 5.69 Å². The fourth-order valence-corrected chi connectivity index (χ4v) is 3.54. The smallest absolute Gasteiger partial charge is 0.340 e. The van der Waals surface area contributed by atoms with Crippen molar-refractivity contribution < 1.29 is 14.3 Å². The third-order valence-corrected chi connectivity index (χ3v) is 5.07. The summed E-state index contributed by atoms with van der Waals surface area (Å²) in [7, 11) is 0. The molecule has 7 nitrogen and oxygen atoms in total. The summed E-state index contributed by atoms with van der Waals surface area (Å²) in [6, 6.07) is 23.6. The zero-order valence-corrected chi connectivity index (χ0v) is 17.4. The summed E-state index contributed by atoms with van der Waals surface area (Å²) in [5.74, 6) is -0.734. The van der Waals surface area contributed by atoms with Gasteiger partial charge in [0, 0.05) is 6.54 Å². The molecule has 0 unspecified atom stereocenters. The first-order valence-electron chi connectivity index (χ1n) is 10.4. The summed E-state index contributed by atoms with van der Waals surface area (Å²) >= 11 is 0. The lowest BCUT2D eigenvalue weighted by molar-refractivity contribution is -0.115. The van der Waals surface area contributed by atoms with Gasteiger partial charge in [-0.15, -0.1) is 0 Å². The molecule has 1 amide bonds. The van der Waals surface area contributed by atoms with Gasteiger partial charge in [0.1, 0.15) is 0 Å². The third kappa shape index (κ3) is 4.95. The minimum atomic E-state index is -0.521. The van der Waals surface area contributed by atoms with Crippen LogP contribution in [0.2, 0.25) is 0 Å². The summed E-state index contributed by atoms with van der Waals surface area (Å²) in [5.41, 5.74) is 2.98. The van der Waals surface area contributed by atoms with Crippen LogP contribution in [0.25, 0.3) is 11.0 Å². The van der Waals surface area contributed by atoms with Gasteiger partial charge < -0.3 is 15.0 Å². The van der Waals surface area contributed by atoms with E-state index < -0.39 is 5.97 Å². The maximum Gasteiger partial charge on any atom is 0.340 e. The molecule has 32 heavy (non-hydrogen) atoms. The third-order valence-electron chi connectivity index (χ3n) is 5.07. The normalized spacial score (nSPS) is 10.8. The van der Waals surface area contributed by atoms with Crippen LogP contribution in [0, 0.1) is 0 Å². The Bertz CT molecular complexity index is 1290. The van der Waals surface area contributed by atoms with E-state index >= 15 is 0 Å². The second kappa shape index (κ2) is 9.78. The minimum Gasteiger partial charge on any atom is -0.462 e. The van der Waals surface area contributed by atoms with Gasteiger partial charge in [0.2, 0.25) is 5.91 Å². The number of hydrogen-bond acceptors (Lipinski definition) is 4. The largest absolute Gasteiger partial charge is 0.462 e. The summed E-state index contributed by atoms with van der Waals surface area (Å²) in [6.45, 7) is 0.572. The molecule has 2 N–H and O–H groups in total. The number of nitrogens with one attached hydrogen (secondary N) is 2. The van der Waals surface area contributed by atoms with E-state index in [1.165, 1.54) is 0 Å². The summed E-state index contributed by atoms with van der Waals surface area (Å²) in [5, 5.41) is 2.79. The predicted molar refractivity (Wildman–Crippen MR) is 123 cm³/mol. The zero-order chi connectivity index (χ0) is 22.3. The average molecular weight is 429 g/mol. The maximum absolute atomic E-state index is 12.6. The number of carbonyl (C=O) groups is 2. The van der Waals surface area contributed by atoms with Crippen molar-refractivity contribution in [1.29, 1.82) is 0 Å². The zero-order valence-electron chi connectivity index (χ0n) is 17.4. The van der Waals surface area contributed by atoms with E-state index in [1.54, 1.807) is 28.8 Å². The number of hydrogen-bond donors (Lipinski definition) is 2. The number of aryl methyl sites for hydroxylation is 1. The summed E-state index contributed by atoms with van der Waals surface area (Å²) in [6.07, 6.45) is 0.694. The summed E-state index contributed by atoms with van der Waals surface area (Å²) < 4.78 is 7.03. The molecule has 1 aromatic heterocycles.